The molecule has 8 nitrogen and oxygen atoms in total. The van der Waals surface area contributed by atoms with E-state index in [0.717, 1.165) is 40.2 Å². The first kappa shape index (κ1) is 26.6. The highest BCUT2D eigenvalue weighted by Crippen LogP contribution is 2.35. The summed E-state index contributed by atoms with van der Waals surface area (Å²) >= 11 is 0. The maximum Gasteiger partial charge on any atom is 0.275 e. The molecule has 2 aliphatic heterocycles. The van der Waals surface area contributed by atoms with Crippen LogP contribution < -0.4 is 9.64 Å². The number of aryl methyl sites for hydroxylation is 1. The van der Waals surface area contributed by atoms with Gasteiger partial charge in [0.05, 0.1) is 30.9 Å². The zero-order valence-electron chi connectivity index (χ0n) is 22.9. The number of nitrogens with zero attached hydrogens (tertiary/aromatic N) is 6. The quantitative estimate of drug-likeness (QED) is 0.324. The topological polar surface area (TPSA) is 70.8 Å². The number of hydrogen-bond donors (Lipinski definition) is 0. The van der Waals surface area contributed by atoms with Gasteiger partial charge in [0.15, 0.2) is 5.82 Å². The summed E-state index contributed by atoms with van der Waals surface area (Å²) in [5.74, 6) is -0.523. The number of aromatic nitrogens is 3. The second-order valence-corrected chi connectivity index (χ2v) is 10.6. The smallest absolute Gasteiger partial charge is 0.275 e. The fourth-order valence-electron chi connectivity index (χ4n) is 5.88. The number of anilines is 1. The van der Waals surface area contributed by atoms with Crippen LogP contribution in [0.4, 0.5) is 14.6 Å². The molecule has 0 bridgehead atoms. The number of piperazine rings is 1. The van der Waals surface area contributed by atoms with Gasteiger partial charge in [-0.15, -0.1) is 10.2 Å². The summed E-state index contributed by atoms with van der Waals surface area (Å²) in [5, 5.41) is 13.9. The van der Waals surface area contributed by atoms with Gasteiger partial charge in [0.1, 0.15) is 11.5 Å². The molecule has 4 heterocycles. The number of rotatable bonds is 7. The van der Waals surface area contributed by atoms with E-state index >= 15 is 8.78 Å². The van der Waals surface area contributed by atoms with Gasteiger partial charge in [0, 0.05) is 68.3 Å². The van der Waals surface area contributed by atoms with Crippen LogP contribution in [0.3, 0.4) is 0 Å². The number of hydrogen-bond acceptors (Lipinski definition) is 8. The zero-order chi connectivity index (χ0) is 27.7. The molecule has 4 aromatic rings. The van der Waals surface area contributed by atoms with Crippen LogP contribution in [-0.4, -0.2) is 83.5 Å². The molecule has 40 heavy (non-hydrogen) atoms. The largest absolute Gasteiger partial charge is 0.496 e. The van der Waals surface area contributed by atoms with Crippen molar-refractivity contribution in [3.8, 4) is 17.0 Å². The predicted molar refractivity (Wildman–Crippen MR) is 150 cm³/mol. The van der Waals surface area contributed by atoms with Crippen molar-refractivity contribution in [2.24, 2.45) is 0 Å². The fourth-order valence-corrected chi connectivity index (χ4v) is 5.88. The number of methoxy groups -OCH3 is 1. The number of likely N-dealkylation sites (tertiary alicyclic amines) is 1. The summed E-state index contributed by atoms with van der Waals surface area (Å²) in [4.78, 5) is 5.89. The Labute approximate surface area is 232 Å². The van der Waals surface area contributed by atoms with Crippen molar-refractivity contribution in [1.29, 1.82) is 0 Å². The molecule has 0 spiro atoms. The van der Waals surface area contributed by atoms with Crippen molar-refractivity contribution in [3.63, 3.8) is 0 Å². The van der Waals surface area contributed by atoms with Gasteiger partial charge in [-0.3, -0.25) is 9.80 Å². The number of ether oxygens (including phenoxy) is 1. The number of alkyl halides is 2. The van der Waals surface area contributed by atoms with Gasteiger partial charge >= 0.3 is 0 Å². The van der Waals surface area contributed by atoms with Crippen molar-refractivity contribution in [2.75, 3.05) is 51.3 Å². The van der Waals surface area contributed by atoms with E-state index < -0.39 is 12.0 Å². The van der Waals surface area contributed by atoms with E-state index in [4.69, 9.17) is 9.26 Å². The maximum absolute atomic E-state index is 15.5. The molecule has 10 heteroatoms. The minimum Gasteiger partial charge on any atom is -0.496 e. The average Bonchev–Trinajstić information content (AvgIpc) is 3.46. The fraction of sp³-hybridized carbons (Fsp3) is 0.433. The Kier molecular flexibility index (Phi) is 7.37. The lowest BCUT2D eigenvalue weighted by Crippen LogP contribution is -2.61. The van der Waals surface area contributed by atoms with Crippen LogP contribution in [0, 0.1) is 0 Å². The average molecular weight is 549 g/mol. The summed E-state index contributed by atoms with van der Waals surface area (Å²) < 4.78 is 42.1. The summed E-state index contributed by atoms with van der Waals surface area (Å²) in [7, 11) is 1.61. The maximum atomic E-state index is 15.5. The van der Waals surface area contributed by atoms with E-state index in [1.807, 2.05) is 71.3 Å². The first-order valence-corrected chi connectivity index (χ1v) is 13.9. The highest BCUT2D eigenvalue weighted by molar-refractivity contribution is 5.84. The SMILES string of the molecule is CCc1cc(N2CCN(C3CCN(Cc4cc5nnc(-c6ccccc6)cc5cc4OC)CC3(F)F)CC2)no1. The Morgan fingerprint density at radius 2 is 1.80 bits per heavy atom. The lowest BCUT2D eigenvalue weighted by atomic mass is 9.97. The third-order valence-corrected chi connectivity index (χ3v) is 8.07. The number of fused-ring (bicyclic) bond motifs is 1. The van der Waals surface area contributed by atoms with E-state index in [2.05, 4.69) is 20.3 Å². The standard InChI is InChI=1S/C30H34F2N6O2/c1-3-24-18-29(35-40-24)38-13-11-37(12-14-38)28-9-10-36(20-30(28,31)32)19-23-16-26-22(17-27(23)39-2)15-25(33-34-26)21-7-5-4-6-8-21/h4-8,15-18,28H,3,9-14,19-20H2,1-2H3. The monoisotopic (exact) mass is 548 g/mol. The molecule has 2 fully saturated rings. The van der Waals surface area contributed by atoms with Gasteiger partial charge in [-0.05, 0) is 24.6 Å². The molecule has 0 saturated carbocycles. The minimum absolute atomic E-state index is 0.291. The summed E-state index contributed by atoms with van der Waals surface area (Å²) in [6.45, 7) is 5.16. The van der Waals surface area contributed by atoms with Gasteiger partial charge in [-0.25, -0.2) is 8.78 Å². The van der Waals surface area contributed by atoms with Gasteiger partial charge in [0.2, 0.25) is 0 Å². The minimum atomic E-state index is -2.82. The van der Waals surface area contributed by atoms with E-state index in [9.17, 15) is 0 Å². The molecule has 0 amide bonds. The molecular formula is C30H34F2N6O2. The van der Waals surface area contributed by atoms with Crippen molar-refractivity contribution in [2.45, 2.75) is 38.3 Å². The summed E-state index contributed by atoms with van der Waals surface area (Å²) in [6, 6.07) is 16.9. The number of piperidine rings is 1. The summed E-state index contributed by atoms with van der Waals surface area (Å²) in [5.41, 5.74) is 3.30. The Bertz CT molecular complexity index is 1460. The van der Waals surface area contributed by atoms with E-state index in [1.165, 1.54) is 0 Å². The third-order valence-electron chi connectivity index (χ3n) is 8.07. The first-order chi connectivity index (χ1) is 19.4. The number of halogens is 2. The zero-order valence-corrected chi connectivity index (χ0v) is 22.9. The highest BCUT2D eigenvalue weighted by atomic mass is 19.3. The molecule has 1 unspecified atom stereocenters. The lowest BCUT2D eigenvalue weighted by Gasteiger charge is -2.46. The molecular weight excluding hydrogens is 514 g/mol. The van der Waals surface area contributed by atoms with E-state index in [-0.39, 0.29) is 6.54 Å². The van der Waals surface area contributed by atoms with Crippen LogP contribution in [-0.2, 0) is 13.0 Å². The van der Waals surface area contributed by atoms with Gasteiger partial charge in [0.25, 0.3) is 5.92 Å². The molecule has 2 aromatic heterocycles. The Hall–Kier alpha value is -3.63. The molecule has 210 valence electrons. The molecule has 1 atom stereocenters. The van der Waals surface area contributed by atoms with Crippen LogP contribution in [0.15, 0.2) is 59.1 Å². The second-order valence-electron chi connectivity index (χ2n) is 10.6. The Morgan fingerprint density at radius 1 is 1.00 bits per heavy atom. The second kappa shape index (κ2) is 11.1. The van der Waals surface area contributed by atoms with Crippen LogP contribution in [0.5, 0.6) is 5.75 Å². The molecule has 0 aliphatic carbocycles. The van der Waals surface area contributed by atoms with Crippen LogP contribution in [0.25, 0.3) is 22.2 Å². The van der Waals surface area contributed by atoms with E-state index in [0.29, 0.717) is 57.0 Å². The Balaban J connectivity index is 1.12. The normalized spacial score (nSPS) is 20.2. The molecule has 0 radical (unpaired) electrons. The molecule has 2 aliphatic rings. The summed E-state index contributed by atoms with van der Waals surface area (Å²) in [6.07, 6.45) is 1.19. The first-order valence-electron chi connectivity index (χ1n) is 13.9. The van der Waals surface area contributed by atoms with Gasteiger partial charge < -0.3 is 14.2 Å². The van der Waals surface area contributed by atoms with Crippen LogP contribution >= 0.6 is 0 Å². The molecule has 2 aromatic carbocycles. The van der Waals surface area contributed by atoms with Gasteiger partial charge in [-0.1, -0.05) is 42.4 Å². The lowest BCUT2D eigenvalue weighted by molar-refractivity contribution is -0.129. The Morgan fingerprint density at radius 3 is 2.50 bits per heavy atom. The van der Waals surface area contributed by atoms with Crippen LogP contribution in [0.2, 0.25) is 0 Å². The number of benzene rings is 2. The molecule has 6 rings (SSSR count). The van der Waals surface area contributed by atoms with Crippen molar-refractivity contribution in [3.05, 3.63) is 65.9 Å². The van der Waals surface area contributed by atoms with Crippen LogP contribution in [0.1, 0.15) is 24.7 Å². The molecule has 2 saturated heterocycles. The van der Waals surface area contributed by atoms with Gasteiger partial charge in [-0.2, -0.15) is 0 Å². The highest BCUT2D eigenvalue weighted by Gasteiger charge is 2.48. The van der Waals surface area contributed by atoms with Crippen molar-refractivity contribution >= 4 is 16.7 Å². The third kappa shape index (κ3) is 5.38. The molecule has 0 N–H and O–H groups in total. The van der Waals surface area contributed by atoms with E-state index in [1.54, 1.807) is 7.11 Å². The van der Waals surface area contributed by atoms with Crippen molar-refractivity contribution < 1.29 is 18.0 Å². The van der Waals surface area contributed by atoms with Crippen molar-refractivity contribution in [1.82, 2.24) is 25.2 Å². The predicted octanol–water partition coefficient (Wildman–Crippen LogP) is 4.89.